The normalized spacial score (nSPS) is 31.7. The van der Waals surface area contributed by atoms with Crippen LogP contribution in [0.25, 0.3) is 0 Å². The summed E-state index contributed by atoms with van der Waals surface area (Å²) in [6.45, 7) is 0. The molecule has 0 aromatic carbocycles. The second-order valence-electron chi connectivity index (χ2n) is 5.27. The Labute approximate surface area is 99.9 Å². The summed E-state index contributed by atoms with van der Waals surface area (Å²) in [7, 11) is 0. The Morgan fingerprint density at radius 3 is 2.93 bits per heavy atom. The van der Waals surface area contributed by atoms with Gasteiger partial charge in [0.2, 0.25) is 0 Å². The van der Waals surface area contributed by atoms with Crippen molar-refractivity contribution in [3.63, 3.8) is 0 Å². The van der Waals surface area contributed by atoms with E-state index < -0.39 is 0 Å². The lowest BCUT2D eigenvalue weighted by molar-refractivity contribution is 0.277. The summed E-state index contributed by atoms with van der Waals surface area (Å²) < 4.78 is 0. The fraction of sp³-hybridized carbons (Fsp3) is 0.857. The quantitative estimate of drug-likeness (QED) is 0.523. The van der Waals surface area contributed by atoms with E-state index in [0.717, 1.165) is 17.6 Å². The molecule has 0 nitrogen and oxygen atoms in total. The molecule has 2 unspecified atom stereocenters. The van der Waals surface area contributed by atoms with E-state index in [0.29, 0.717) is 0 Å². The van der Waals surface area contributed by atoms with E-state index in [9.17, 15) is 0 Å². The molecule has 0 saturated heterocycles. The summed E-state index contributed by atoms with van der Waals surface area (Å²) in [6.07, 6.45) is 15.4. The molecule has 0 radical (unpaired) electrons. The van der Waals surface area contributed by atoms with Crippen LogP contribution in [0.4, 0.5) is 0 Å². The van der Waals surface area contributed by atoms with Crippen molar-refractivity contribution in [3.8, 4) is 0 Å². The number of hydrogen-bond donors (Lipinski definition) is 1. The Balaban J connectivity index is 1.81. The first kappa shape index (κ1) is 11.6. The molecule has 0 aliphatic heterocycles. The summed E-state index contributed by atoms with van der Waals surface area (Å²) in [4.78, 5) is 0. The van der Waals surface area contributed by atoms with Gasteiger partial charge in [0.05, 0.1) is 0 Å². The number of thiol groups is 1. The highest BCUT2D eigenvalue weighted by Gasteiger charge is 2.24. The zero-order valence-corrected chi connectivity index (χ0v) is 10.6. The van der Waals surface area contributed by atoms with E-state index in [2.05, 4.69) is 18.7 Å². The van der Waals surface area contributed by atoms with Gasteiger partial charge in [-0.15, -0.1) is 0 Å². The molecule has 2 rings (SSSR count). The minimum Gasteiger partial charge on any atom is -0.179 e. The highest BCUT2D eigenvalue weighted by Crippen LogP contribution is 2.39. The largest absolute Gasteiger partial charge is 0.179 e. The first-order chi connectivity index (χ1) is 7.40. The van der Waals surface area contributed by atoms with Crippen LogP contribution < -0.4 is 0 Å². The average molecular weight is 224 g/mol. The van der Waals surface area contributed by atoms with E-state index in [1.807, 2.05) is 5.57 Å². The number of rotatable bonds is 4. The van der Waals surface area contributed by atoms with Crippen LogP contribution in [-0.4, -0.2) is 5.75 Å². The molecule has 86 valence electrons. The van der Waals surface area contributed by atoms with Crippen LogP contribution in [0.2, 0.25) is 0 Å². The lowest BCUT2D eigenvalue weighted by atomic mass is 9.76. The second kappa shape index (κ2) is 5.98. The molecule has 0 heterocycles. The van der Waals surface area contributed by atoms with Crippen LogP contribution in [0.15, 0.2) is 11.6 Å². The molecule has 1 heteroatoms. The lowest BCUT2D eigenvalue weighted by Gasteiger charge is -2.30. The first-order valence-electron chi connectivity index (χ1n) is 6.70. The Kier molecular flexibility index (Phi) is 4.61. The summed E-state index contributed by atoms with van der Waals surface area (Å²) in [5, 5.41) is 0. The molecular weight excluding hydrogens is 200 g/mol. The Bertz CT molecular complexity index is 219. The SMILES string of the molecule is SCCCC1CCCC(C2=CCCC2)C1. The van der Waals surface area contributed by atoms with Crippen molar-refractivity contribution in [1.29, 1.82) is 0 Å². The molecule has 1 fully saturated rings. The summed E-state index contributed by atoms with van der Waals surface area (Å²) in [6, 6.07) is 0. The van der Waals surface area contributed by atoms with E-state index in [1.54, 1.807) is 0 Å². The van der Waals surface area contributed by atoms with Crippen LogP contribution in [-0.2, 0) is 0 Å². The third-order valence-corrected chi connectivity index (χ3v) is 4.47. The van der Waals surface area contributed by atoms with Gasteiger partial charge in [0.25, 0.3) is 0 Å². The summed E-state index contributed by atoms with van der Waals surface area (Å²) >= 11 is 4.32. The Morgan fingerprint density at radius 1 is 1.27 bits per heavy atom. The van der Waals surface area contributed by atoms with Crippen molar-refractivity contribution in [2.45, 2.75) is 57.8 Å². The molecule has 2 aliphatic rings. The third-order valence-electron chi connectivity index (χ3n) is 4.15. The van der Waals surface area contributed by atoms with Gasteiger partial charge in [0.1, 0.15) is 0 Å². The van der Waals surface area contributed by atoms with Crippen LogP contribution in [0.1, 0.15) is 57.8 Å². The fourth-order valence-electron chi connectivity index (χ4n) is 3.34. The van der Waals surface area contributed by atoms with Gasteiger partial charge in [-0.1, -0.05) is 24.5 Å². The highest BCUT2D eigenvalue weighted by atomic mass is 32.1. The Morgan fingerprint density at radius 2 is 2.20 bits per heavy atom. The number of allylic oxidation sites excluding steroid dienone is 2. The van der Waals surface area contributed by atoms with Crippen LogP contribution >= 0.6 is 12.6 Å². The van der Waals surface area contributed by atoms with Gasteiger partial charge in [-0.25, -0.2) is 0 Å². The smallest absolute Gasteiger partial charge is 0.00978 e. The maximum atomic E-state index is 4.32. The maximum absolute atomic E-state index is 4.32. The van der Waals surface area contributed by atoms with Gasteiger partial charge in [0.15, 0.2) is 0 Å². The molecule has 0 aromatic rings. The molecule has 0 amide bonds. The van der Waals surface area contributed by atoms with Crippen LogP contribution in [0.3, 0.4) is 0 Å². The third kappa shape index (κ3) is 3.27. The molecule has 1 saturated carbocycles. The van der Waals surface area contributed by atoms with E-state index in [4.69, 9.17) is 0 Å². The molecule has 2 aliphatic carbocycles. The predicted octanol–water partition coefficient (Wildman–Crippen LogP) is 4.61. The van der Waals surface area contributed by atoms with Gasteiger partial charge in [-0.05, 0) is 62.5 Å². The summed E-state index contributed by atoms with van der Waals surface area (Å²) in [5.74, 6) is 3.05. The minimum absolute atomic E-state index is 0.964. The van der Waals surface area contributed by atoms with Gasteiger partial charge in [-0.3, -0.25) is 0 Å². The zero-order chi connectivity index (χ0) is 10.5. The fourth-order valence-corrected chi connectivity index (χ4v) is 3.52. The number of hydrogen-bond acceptors (Lipinski definition) is 1. The standard InChI is InChI=1S/C14H24S/c15-10-4-6-12-5-3-9-14(11-12)13-7-1-2-8-13/h7,12,14-15H,1-6,8-11H2. The summed E-state index contributed by atoms with van der Waals surface area (Å²) in [5.41, 5.74) is 1.81. The molecule has 15 heavy (non-hydrogen) atoms. The van der Waals surface area contributed by atoms with Crippen molar-refractivity contribution in [1.82, 2.24) is 0 Å². The van der Waals surface area contributed by atoms with Gasteiger partial charge < -0.3 is 0 Å². The van der Waals surface area contributed by atoms with Crippen molar-refractivity contribution >= 4 is 12.6 Å². The highest BCUT2D eigenvalue weighted by molar-refractivity contribution is 7.80. The zero-order valence-electron chi connectivity index (χ0n) is 9.75. The van der Waals surface area contributed by atoms with Crippen molar-refractivity contribution in [3.05, 3.63) is 11.6 Å². The van der Waals surface area contributed by atoms with E-state index in [1.165, 1.54) is 57.8 Å². The molecule has 2 atom stereocenters. The van der Waals surface area contributed by atoms with Gasteiger partial charge >= 0.3 is 0 Å². The van der Waals surface area contributed by atoms with E-state index in [-0.39, 0.29) is 0 Å². The topological polar surface area (TPSA) is 0 Å². The first-order valence-corrected chi connectivity index (χ1v) is 7.33. The molecule has 0 spiro atoms. The second-order valence-corrected chi connectivity index (χ2v) is 5.71. The molecule has 0 bridgehead atoms. The molecule has 0 aromatic heterocycles. The maximum Gasteiger partial charge on any atom is -0.00978 e. The van der Waals surface area contributed by atoms with Crippen LogP contribution in [0, 0.1) is 11.8 Å². The van der Waals surface area contributed by atoms with Crippen molar-refractivity contribution < 1.29 is 0 Å². The molecule has 0 N–H and O–H groups in total. The van der Waals surface area contributed by atoms with Gasteiger partial charge in [0, 0.05) is 0 Å². The van der Waals surface area contributed by atoms with E-state index >= 15 is 0 Å². The Hall–Kier alpha value is 0.0900. The van der Waals surface area contributed by atoms with Crippen molar-refractivity contribution in [2.24, 2.45) is 11.8 Å². The minimum atomic E-state index is 0.964. The van der Waals surface area contributed by atoms with Gasteiger partial charge in [-0.2, -0.15) is 12.6 Å². The monoisotopic (exact) mass is 224 g/mol. The van der Waals surface area contributed by atoms with Crippen LogP contribution in [0.5, 0.6) is 0 Å². The molecular formula is C14H24S. The predicted molar refractivity (Wildman–Crippen MR) is 70.5 cm³/mol. The lowest BCUT2D eigenvalue weighted by Crippen LogP contribution is -2.17. The van der Waals surface area contributed by atoms with Crippen molar-refractivity contribution in [2.75, 3.05) is 5.75 Å². The average Bonchev–Trinajstić information content (AvgIpc) is 2.80.